The quantitative estimate of drug-likeness (QED) is 0.669. The fourth-order valence-electron chi connectivity index (χ4n) is 2.46. The molecule has 1 rings (SSSR count). The van der Waals surface area contributed by atoms with Crippen LogP contribution < -0.4 is 0 Å². The summed E-state index contributed by atoms with van der Waals surface area (Å²) in [5.74, 6) is -0.540. The summed E-state index contributed by atoms with van der Waals surface area (Å²) in [6, 6.07) is 1.04. The highest BCUT2D eigenvalue weighted by Crippen LogP contribution is 2.36. The van der Waals surface area contributed by atoms with Crippen molar-refractivity contribution in [2.45, 2.75) is 59.3 Å². The molecule has 0 aromatic heterocycles. The molecule has 1 aromatic rings. The molecule has 0 atom stereocenters. The van der Waals surface area contributed by atoms with E-state index in [2.05, 4.69) is 0 Å². The van der Waals surface area contributed by atoms with Crippen LogP contribution in [-0.4, -0.2) is 0 Å². The van der Waals surface area contributed by atoms with E-state index in [4.69, 9.17) is 0 Å². The largest absolute Gasteiger partial charge is 0.207 e. The van der Waals surface area contributed by atoms with Crippen molar-refractivity contribution in [3.05, 3.63) is 34.4 Å². The van der Waals surface area contributed by atoms with Crippen molar-refractivity contribution in [3.8, 4) is 0 Å². The van der Waals surface area contributed by atoms with Crippen LogP contribution in [0.15, 0.2) is 6.07 Å². The van der Waals surface area contributed by atoms with Crippen molar-refractivity contribution in [3.63, 3.8) is 0 Å². The Balaban J connectivity index is 3.65. The van der Waals surface area contributed by atoms with Crippen molar-refractivity contribution in [1.82, 2.24) is 0 Å². The Morgan fingerprint density at radius 1 is 0.647 bits per heavy atom. The second-order valence-corrected chi connectivity index (χ2v) is 5.55. The molecule has 0 aliphatic rings. The van der Waals surface area contributed by atoms with Gasteiger partial charge in [0.25, 0.3) is 0 Å². The van der Waals surface area contributed by atoms with Crippen LogP contribution in [0.5, 0.6) is 0 Å². The van der Waals surface area contributed by atoms with Crippen molar-refractivity contribution < 1.29 is 8.78 Å². The van der Waals surface area contributed by atoms with Crippen molar-refractivity contribution >= 4 is 0 Å². The van der Waals surface area contributed by atoms with Gasteiger partial charge in [-0.1, -0.05) is 41.5 Å². The van der Waals surface area contributed by atoms with Crippen LogP contribution >= 0.6 is 0 Å². The standard InChI is InChI=1S/C15H22F2/c1-8(2)13-11(16)7-12(17)14(9(3)4)15(13)10(5)6/h7-10H,1-6H3. The molecule has 0 amide bonds. The molecule has 96 valence electrons. The molecule has 17 heavy (non-hydrogen) atoms. The third kappa shape index (κ3) is 2.67. The highest BCUT2D eigenvalue weighted by atomic mass is 19.1. The Morgan fingerprint density at radius 2 is 0.941 bits per heavy atom. The van der Waals surface area contributed by atoms with Gasteiger partial charge in [0, 0.05) is 6.07 Å². The van der Waals surface area contributed by atoms with Crippen molar-refractivity contribution in [2.75, 3.05) is 0 Å². The average molecular weight is 240 g/mol. The topological polar surface area (TPSA) is 0 Å². The monoisotopic (exact) mass is 240 g/mol. The molecular formula is C15H22F2. The summed E-state index contributed by atoms with van der Waals surface area (Å²) in [7, 11) is 0. The van der Waals surface area contributed by atoms with Crippen LogP contribution in [0.4, 0.5) is 8.78 Å². The van der Waals surface area contributed by atoms with Crippen molar-refractivity contribution in [2.24, 2.45) is 0 Å². The van der Waals surface area contributed by atoms with Gasteiger partial charge in [-0.25, -0.2) is 8.78 Å². The van der Waals surface area contributed by atoms with E-state index in [0.717, 1.165) is 11.6 Å². The van der Waals surface area contributed by atoms with Gasteiger partial charge in [0.15, 0.2) is 0 Å². The number of halogens is 2. The van der Waals surface area contributed by atoms with Crippen LogP contribution in [0.3, 0.4) is 0 Å². The lowest BCUT2D eigenvalue weighted by molar-refractivity contribution is 0.537. The number of hydrogen-bond acceptors (Lipinski definition) is 0. The lowest BCUT2D eigenvalue weighted by Gasteiger charge is -2.23. The lowest BCUT2D eigenvalue weighted by atomic mass is 9.82. The van der Waals surface area contributed by atoms with Crippen LogP contribution in [0.1, 0.15) is 76.0 Å². The summed E-state index contributed by atoms with van der Waals surface area (Å²) in [5, 5.41) is 0. The zero-order valence-electron chi connectivity index (χ0n) is 11.6. The van der Waals surface area contributed by atoms with E-state index in [-0.39, 0.29) is 17.8 Å². The van der Waals surface area contributed by atoms with Gasteiger partial charge in [0.2, 0.25) is 0 Å². The first-order valence-corrected chi connectivity index (χ1v) is 6.29. The highest BCUT2D eigenvalue weighted by Gasteiger charge is 2.23. The van der Waals surface area contributed by atoms with Crippen LogP contribution in [0, 0.1) is 11.6 Å². The molecule has 0 aliphatic heterocycles. The summed E-state index contributed by atoms with van der Waals surface area (Å²) < 4.78 is 27.9. The minimum atomic E-state index is -0.411. The third-order valence-corrected chi connectivity index (χ3v) is 3.08. The first-order chi connectivity index (χ1) is 7.77. The van der Waals surface area contributed by atoms with E-state index in [1.165, 1.54) is 0 Å². The molecular weight excluding hydrogens is 218 g/mol. The Kier molecular flexibility index (Phi) is 4.29. The smallest absolute Gasteiger partial charge is 0.129 e. The lowest BCUT2D eigenvalue weighted by Crippen LogP contribution is -2.10. The second-order valence-electron chi connectivity index (χ2n) is 5.55. The van der Waals surface area contributed by atoms with Gasteiger partial charge in [0.1, 0.15) is 11.6 Å². The predicted octanol–water partition coefficient (Wildman–Crippen LogP) is 5.34. The zero-order valence-corrected chi connectivity index (χ0v) is 11.6. The number of rotatable bonds is 3. The summed E-state index contributed by atoms with van der Waals surface area (Å²) >= 11 is 0. The van der Waals surface area contributed by atoms with Gasteiger partial charge in [-0.2, -0.15) is 0 Å². The molecule has 0 radical (unpaired) electrons. The number of benzene rings is 1. The van der Waals surface area contributed by atoms with E-state index in [9.17, 15) is 8.78 Å². The predicted molar refractivity (Wildman–Crippen MR) is 68.6 cm³/mol. The van der Waals surface area contributed by atoms with E-state index < -0.39 is 11.6 Å². The fraction of sp³-hybridized carbons (Fsp3) is 0.600. The van der Waals surface area contributed by atoms with E-state index in [0.29, 0.717) is 11.1 Å². The normalized spacial score (nSPS) is 11.9. The fourth-order valence-corrected chi connectivity index (χ4v) is 2.46. The molecule has 0 bridgehead atoms. The second kappa shape index (κ2) is 5.16. The summed E-state index contributed by atoms with van der Waals surface area (Å²) in [4.78, 5) is 0. The van der Waals surface area contributed by atoms with Gasteiger partial charge in [-0.3, -0.25) is 0 Å². The SMILES string of the molecule is CC(C)c1c(F)cc(F)c(C(C)C)c1C(C)C. The van der Waals surface area contributed by atoms with E-state index in [1.54, 1.807) is 0 Å². The Morgan fingerprint density at radius 3 is 1.18 bits per heavy atom. The van der Waals surface area contributed by atoms with Crippen LogP contribution in [0.25, 0.3) is 0 Å². The molecule has 0 N–H and O–H groups in total. The molecule has 2 heteroatoms. The Hall–Kier alpha value is -0.920. The van der Waals surface area contributed by atoms with E-state index in [1.807, 2.05) is 41.5 Å². The third-order valence-electron chi connectivity index (χ3n) is 3.08. The highest BCUT2D eigenvalue weighted by molar-refractivity contribution is 5.43. The van der Waals surface area contributed by atoms with Crippen LogP contribution in [-0.2, 0) is 0 Å². The van der Waals surface area contributed by atoms with Gasteiger partial charge < -0.3 is 0 Å². The molecule has 0 heterocycles. The molecule has 0 unspecified atom stereocenters. The van der Waals surface area contributed by atoms with Gasteiger partial charge >= 0.3 is 0 Å². The van der Waals surface area contributed by atoms with Gasteiger partial charge in [0.05, 0.1) is 0 Å². The maximum atomic E-state index is 13.9. The minimum absolute atomic E-state index is 0.0745. The Labute approximate surface area is 103 Å². The van der Waals surface area contributed by atoms with E-state index >= 15 is 0 Å². The molecule has 0 aliphatic carbocycles. The zero-order chi connectivity index (χ0) is 13.3. The summed E-state index contributed by atoms with van der Waals surface area (Å²) in [6.07, 6.45) is 0. The number of hydrogen-bond donors (Lipinski definition) is 0. The molecule has 0 fully saturated rings. The summed E-state index contributed by atoms with van der Waals surface area (Å²) in [6.45, 7) is 11.8. The molecule has 0 nitrogen and oxygen atoms in total. The molecule has 0 saturated heterocycles. The first kappa shape index (κ1) is 14.1. The maximum Gasteiger partial charge on any atom is 0.129 e. The Bertz CT molecular complexity index is 372. The summed E-state index contributed by atoms with van der Waals surface area (Å²) in [5.41, 5.74) is 2.20. The molecule has 1 aromatic carbocycles. The van der Waals surface area contributed by atoms with Crippen molar-refractivity contribution in [1.29, 1.82) is 0 Å². The van der Waals surface area contributed by atoms with Gasteiger partial charge in [-0.15, -0.1) is 0 Å². The molecule has 0 saturated carbocycles. The first-order valence-electron chi connectivity index (χ1n) is 6.29. The maximum absolute atomic E-state index is 13.9. The minimum Gasteiger partial charge on any atom is -0.207 e. The van der Waals surface area contributed by atoms with Gasteiger partial charge in [-0.05, 0) is 34.4 Å². The average Bonchev–Trinajstić information content (AvgIpc) is 2.14. The van der Waals surface area contributed by atoms with Crippen LogP contribution in [0.2, 0.25) is 0 Å². The molecule has 0 spiro atoms.